The van der Waals surface area contributed by atoms with Gasteiger partial charge >= 0.3 is 0 Å². The molecule has 2 aromatic carbocycles. The van der Waals surface area contributed by atoms with Crippen molar-refractivity contribution in [3.05, 3.63) is 78.2 Å². The zero-order valence-corrected chi connectivity index (χ0v) is 16.8. The molecule has 11 heteroatoms. The van der Waals surface area contributed by atoms with E-state index in [-0.39, 0.29) is 27.6 Å². The molecule has 0 saturated carbocycles. The molecule has 0 aliphatic rings. The zero-order chi connectivity index (χ0) is 21.3. The summed E-state index contributed by atoms with van der Waals surface area (Å²) in [5.74, 6) is 0. The van der Waals surface area contributed by atoms with Crippen molar-refractivity contribution in [2.75, 3.05) is 14.1 Å². The number of aliphatic hydroxyl groups is 1. The predicted molar refractivity (Wildman–Crippen MR) is 111 cm³/mol. The number of benzene rings is 2. The largest absolute Gasteiger partial charge is 0.382 e. The van der Waals surface area contributed by atoms with Crippen LogP contribution >= 0.6 is 23.2 Å². The van der Waals surface area contributed by atoms with Gasteiger partial charge in [0.05, 0.1) is 26.0 Å². The number of fused-ring (bicyclic) bond motifs is 1. The monoisotopic (exact) mass is 435 g/mol. The Hall–Kier alpha value is -3.01. The predicted octanol–water partition coefficient (Wildman–Crippen LogP) is 3.14. The number of aliphatic hydroxyl groups excluding tert-OH is 1. The third kappa shape index (κ3) is 4.37. The summed E-state index contributed by atoms with van der Waals surface area (Å²) in [5, 5.41) is 28.0. The van der Waals surface area contributed by atoms with Crippen LogP contribution in [0.15, 0.2) is 46.3 Å². The third-order valence-electron chi connectivity index (χ3n) is 3.96. The fourth-order valence-corrected chi connectivity index (χ4v) is 2.96. The number of rotatable bonds is 5. The number of hydrazone groups is 1. The number of halogens is 2. The Morgan fingerprint density at radius 2 is 1.97 bits per heavy atom. The van der Waals surface area contributed by atoms with E-state index in [4.69, 9.17) is 23.2 Å². The first-order valence-corrected chi connectivity index (χ1v) is 9.00. The number of nitrogens with one attached hydrogen (secondary N) is 1. The lowest BCUT2D eigenvalue weighted by Crippen LogP contribution is -2.27. The van der Waals surface area contributed by atoms with Gasteiger partial charge in [-0.05, 0) is 23.8 Å². The summed E-state index contributed by atoms with van der Waals surface area (Å²) in [7, 11) is 3.25. The Morgan fingerprint density at radius 1 is 1.24 bits per heavy atom. The molecule has 150 valence electrons. The molecular formula is C18H15Cl2N5O4. The van der Waals surface area contributed by atoms with Gasteiger partial charge in [-0.3, -0.25) is 14.9 Å². The lowest BCUT2D eigenvalue weighted by atomic mass is 10.0. The highest BCUT2D eigenvalue weighted by molar-refractivity contribution is 6.42. The van der Waals surface area contributed by atoms with Crippen LogP contribution in [0.3, 0.4) is 0 Å². The van der Waals surface area contributed by atoms with Crippen molar-refractivity contribution in [2.45, 2.75) is 6.10 Å². The molecule has 9 nitrogen and oxygen atoms in total. The summed E-state index contributed by atoms with van der Waals surface area (Å²) >= 11 is 12.0. The first kappa shape index (κ1) is 20.7. The maximum atomic E-state index is 12.6. The van der Waals surface area contributed by atoms with Crippen molar-refractivity contribution in [3.8, 4) is 0 Å². The van der Waals surface area contributed by atoms with Gasteiger partial charge in [0, 0.05) is 26.2 Å². The van der Waals surface area contributed by atoms with Crippen molar-refractivity contribution in [3.63, 3.8) is 0 Å². The maximum Gasteiger partial charge on any atom is 0.276 e. The second kappa shape index (κ2) is 8.16. The van der Waals surface area contributed by atoms with E-state index in [1.165, 1.54) is 35.3 Å². The standard InChI is InChI=1S/C18H15Cl2N5O4/c1-24(2)23-15(17(26)9-3-5-11(19)12(20)7-9)16-18(27)22-14-8-10(25(28)29)4-6-13(14)21-16/h3-8,17,26H,1-2H3,(H,22,27)/b23-15-. The Labute approximate surface area is 174 Å². The molecular weight excluding hydrogens is 421 g/mol. The Balaban J connectivity index is 2.16. The number of non-ortho nitro benzene ring substituents is 1. The number of hydrogen-bond donors (Lipinski definition) is 2. The van der Waals surface area contributed by atoms with Crippen LogP contribution in [0, 0.1) is 10.1 Å². The molecule has 3 rings (SSSR count). The van der Waals surface area contributed by atoms with Crippen LogP contribution < -0.4 is 5.56 Å². The molecule has 1 aromatic heterocycles. The molecule has 0 bridgehead atoms. The van der Waals surface area contributed by atoms with Crippen molar-refractivity contribution in [1.82, 2.24) is 15.0 Å². The van der Waals surface area contributed by atoms with E-state index >= 15 is 0 Å². The number of H-pyrrole nitrogens is 1. The Bertz CT molecular complexity index is 1190. The van der Waals surface area contributed by atoms with Gasteiger partial charge in [0.25, 0.3) is 11.2 Å². The van der Waals surface area contributed by atoms with Gasteiger partial charge in [-0.1, -0.05) is 29.3 Å². The number of aromatic nitrogens is 2. The molecule has 0 spiro atoms. The van der Waals surface area contributed by atoms with Crippen LogP contribution in [0.25, 0.3) is 11.0 Å². The summed E-state index contributed by atoms with van der Waals surface area (Å²) < 4.78 is 0. The SMILES string of the molecule is CN(C)/N=C(/c1nc2ccc([N+](=O)[O-])cc2[nH]c1=O)C(O)c1ccc(Cl)c(Cl)c1. The van der Waals surface area contributed by atoms with Gasteiger partial charge in [-0.15, -0.1) is 0 Å². The molecule has 1 heterocycles. The first-order chi connectivity index (χ1) is 13.7. The zero-order valence-electron chi connectivity index (χ0n) is 15.3. The molecule has 2 N–H and O–H groups in total. The van der Waals surface area contributed by atoms with E-state index < -0.39 is 16.6 Å². The number of nitrogens with zero attached hydrogens (tertiary/aromatic N) is 4. The molecule has 0 saturated heterocycles. The number of nitro benzene ring substituents is 1. The van der Waals surface area contributed by atoms with Crippen molar-refractivity contribution >= 4 is 45.6 Å². The minimum atomic E-state index is -1.32. The molecule has 0 amide bonds. The van der Waals surface area contributed by atoms with E-state index in [0.717, 1.165) is 0 Å². The normalized spacial score (nSPS) is 12.8. The summed E-state index contributed by atoms with van der Waals surface area (Å²) in [6, 6.07) is 8.45. The number of hydrogen-bond acceptors (Lipinski definition) is 7. The van der Waals surface area contributed by atoms with Gasteiger partial charge in [0.15, 0.2) is 5.69 Å². The van der Waals surface area contributed by atoms with Crippen LogP contribution in [0.5, 0.6) is 0 Å². The Morgan fingerprint density at radius 3 is 2.59 bits per heavy atom. The van der Waals surface area contributed by atoms with E-state index in [1.54, 1.807) is 20.2 Å². The van der Waals surface area contributed by atoms with Gasteiger partial charge in [0.2, 0.25) is 0 Å². The van der Waals surface area contributed by atoms with Gasteiger partial charge in [0.1, 0.15) is 11.8 Å². The highest BCUT2D eigenvalue weighted by Crippen LogP contribution is 2.27. The molecule has 0 radical (unpaired) electrons. The molecule has 29 heavy (non-hydrogen) atoms. The summed E-state index contributed by atoms with van der Waals surface area (Å²) in [6.07, 6.45) is -1.32. The van der Waals surface area contributed by atoms with E-state index in [0.29, 0.717) is 16.1 Å². The molecule has 0 fully saturated rings. The second-order valence-electron chi connectivity index (χ2n) is 6.28. The van der Waals surface area contributed by atoms with Crippen molar-refractivity contribution in [2.24, 2.45) is 5.10 Å². The minimum absolute atomic E-state index is 0.0186. The summed E-state index contributed by atoms with van der Waals surface area (Å²) in [6.45, 7) is 0. The average molecular weight is 436 g/mol. The quantitative estimate of drug-likeness (QED) is 0.360. The highest BCUT2D eigenvalue weighted by Gasteiger charge is 2.24. The Kier molecular flexibility index (Phi) is 5.83. The average Bonchev–Trinajstić information content (AvgIpc) is 2.66. The van der Waals surface area contributed by atoms with E-state index in [9.17, 15) is 20.0 Å². The van der Waals surface area contributed by atoms with E-state index in [1.807, 2.05) is 0 Å². The van der Waals surface area contributed by atoms with Crippen LogP contribution in [0.4, 0.5) is 5.69 Å². The molecule has 1 atom stereocenters. The highest BCUT2D eigenvalue weighted by atomic mass is 35.5. The third-order valence-corrected chi connectivity index (χ3v) is 4.69. The van der Waals surface area contributed by atoms with Crippen molar-refractivity contribution < 1.29 is 10.0 Å². The lowest BCUT2D eigenvalue weighted by molar-refractivity contribution is -0.384. The fourth-order valence-electron chi connectivity index (χ4n) is 2.65. The lowest BCUT2D eigenvalue weighted by Gasteiger charge is -2.17. The second-order valence-corrected chi connectivity index (χ2v) is 7.10. The smallest absolute Gasteiger partial charge is 0.276 e. The van der Waals surface area contributed by atoms with E-state index in [2.05, 4.69) is 15.1 Å². The van der Waals surface area contributed by atoms with Crippen LogP contribution in [0.2, 0.25) is 10.0 Å². The molecule has 3 aromatic rings. The molecule has 0 aliphatic heterocycles. The topological polar surface area (TPSA) is 125 Å². The van der Waals surface area contributed by atoms with Gasteiger partial charge < -0.3 is 15.1 Å². The fraction of sp³-hybridized carbons (Fsp3) is 0.167. The van der Waals surface area contributed by atoms with Crippen LogP contribution in [-0.4, -0.2) is 44.8 Å². The molecule has 1 unspecified atom stereocenters. The van der Waals surface area contributed by atoms with Gasteiger partial charge in [-0.2, -0.15) is 5.10 Å². The van der Waals surface area contributed by atoms with Crippen LogP contribution in [-0.2, 0) is 0 Å². The summed E-state index contributed by atoms with van der Waals surface area (Å²) in [4.78, 5) is 29.8. The minimum Gasteiger partial charge on any atom is -0.382 e. The summed E-state index contributed by atoms with van der Waals surface area (Å²) in [5.41, 5.74) is -0.115. The molecule has 0 aliphatic carbocycles. The number of nitro groups is 1. The number of aromatic amines is 1. The van der Waals surface area contributed by atoms with Crippen molar-refractivity contribution in [1.29, 1.82) is 0 Å². The van der Waals surface area contributed by atoms with Crippen LogP contribution in [0.1, 0.15) is 17.4 Å². The first-order valence-electron chi connectivity index (χ1n) is 8.25. The maximum absolute atomic E-state index is 12.6. The van der Waals surface area contributed by atoms with Gasteiger partial charge in [-0.25, -0.2) is 4.98 Å².